The highest BCUT2D eigenvalue weighted by atomic mass is 32.2. The van der Waals surface area contributed by atoms with E-state index < -0.39 is 27.7 Å². The largest absolute Gasteiger partial charge is 0.392 e. The van der Waals surface area contributed by atoms with Crippen LogP contribution in [0.15, 0.2) is 82.6 Å². The number of benzene rings is 3. The van der Waals surface area contributed by atoms with E-state index in [1.54, 1.807) is 43.0 Å². The number of β-amino-alcohol motifs (C(OH)–C–C–N with tert-alkyl or cyclic N) is 1. The molecule has 1 aliphatic rings. The molecule has 3 aromatic rings. The molecule has 0 radical (unpaired) electrons. The van der Waals surface area contributed by atoms with Crippen molar-refractivity contribution in [3.8, 4) is 11.1 Å². The molecule has 0 saturated carbocycles. The van der Waals surface area contributed by atoms with E-state index in [0.29, 0.717) is 17.9 Å². The second kappa shape index (κ2) is 14.0. The first kappa shape index (κ1) is 32.7. The Morgan fingerprint density at radius 2 is 1.74 bits per heavy atom. The van der Waals surface area contributed by atoms with E-state index in [0.717, 1.165) is 21.7 Å². The number of hydrogen-bond acceptors (Lipinski definition) is 7. The summed E-state index contributed by atoms with van der Waals surface area (Å²) in [5, 5.41) is 15.7. The Morgan fingerprint density at radius 3 is 2.44 bits per heavy atom. The van der Waals surface area contributed by atoms with Crippen molar-refractivity contribution in [1.82, 2.24) is 15.4 Å². The maximum atomic E-state index is 13.9. The molecular weight excluding hydrogens is 585 g/mol. The van der Waals surface area contributed by atoms with E-state index in [1.165, 1.54) is 11.8 Å². The topological polar surface area (TPSA) is 128 Å². The Kier molecular flexibility index (Phi) is 10.7. The zero-order chi connectivity index (χ0) is 31.2. The summed E-state index contributed by atoms with van der Waals surface area (Å²) in [6.45, 7) is 8.12. The summed E-state index contributed by atoms with van der Waals surface area (Å²) < 4.78 is 28.1. The Labute approximate surface area is 258 Å². The Balaban J connectivity index is 1.55. The number of anilines is 1. The first-order valence-electron chi connectivity index (χ1n) is 14.3. The lowest BCUT2D eigenvalue weighted by Crippen LogP contribution is -2.52. The minimum atomic E-state index is -3.66. The average molecular weight is 625 g/mol. The van der Waals surface area contributed by atoms with Gasteiger partial charge in [0.25, 0.3) is 5.91 Å². The van der Waals surface area contributed by atoms with Crippen LogP contribution in [-0.4, -0.2) is 61.9 Å². The number of carbonyl (C=O) groups excluding carboxylic acids is 2. The van der Waals surface area contributed by atoms with Gasteiger partial charge in [-0.05, 0) is 50.1 Å². The molecule has 9 nitrogen and oxygen atoms in total. The molecule has 43 heavy (non-hydrogen) atoms. The van der Waals surface area contributed by atoms with Crippen LogP contribution >= 0.6 is 11.8 Å². The van der Waals surface area contributed by atoms with Crippen molar-refractivity contribution in [1.29, 1.82) is 0 Å². The summed E-state index contributed by atoms with van der Waals surface area (Å²) in [4.78, 5) is 29.8. The first-order chi connectivity index (χ1) is 20.4. The van der Waals surface area contributed by atoms with Crippen molar-refractivity contribution >= 4 is 39.3 Å². The van der Waals surface area contributed by atoms with Gasteiger partial charge in [0, 0.05) is 41.3 Å². The standard InChI is InChI=1S/C32H40N4O5S2/c1-5-34-43(40,41)29-13-9-6-10-25(29)24-16-14-23(15-17-24)20-36-27-11-7-8-12-28(27)42-21-26(31(36)39)35-30(38)18-32(3,4)33-19-22(2)37/h6-17,22,26,33-34,37H,5,18-21H2,1-4H3,(H,35,38)/t22-,26-/m1/s1. The zero-order valence-corrected chi connectivity index (χ0v) is 26.6. The molecule has 1 aliphatic heterocycles. The van der Waals surface area contributed by atoms with Crippen molar-refractivity contribution in [2.24, 2.45) is 0 Å². The summed E-state index contributed by atoms with van der Waals surface area (Å²) in [7, 11) is -3.66. The summed E-state index contributed by atoms with van der Waals surface area (Å²) in [6, 6.07) is 21.3. The fourth-order valence-electron chi connectivity index (χ4n) is 4.93. The number of hydrogen-bond donors (Lipinski definition) is 4. The van der Waals surface area contributed by atoms with E-state index in [-0.39, 0.29) is 36.2 Å². The number of sulfonamides is 1. The minimum Gasteiger partial charge on any atom is -0.392 e. The Morgan fingerprint density at radius 1 is 1.07 bits per heavy atom. The smallest absolute Gasteiger partial charge is 0.250 e. The number of nitrogens with one attached hydrogen (secondary N) is 3. The molecule has 2 amide bonds. The van der Waals surface area contributed by atoms with Crippen LogP contribution in [0.25, 0.3) is 11.1 Å². The quantitative estimate of drug-likeness (QED) is 0.241. The summed E-state index contributed by atoms with van der Waals surface area (Å²) in [5.41, 5.74) is 2.42. The van der Waals surface area contributed by atoms with E-state index in [4.69, 9.17) is 0 Å². The van der Waals surface area contributed by atoms with Crippen LogP contribution in [0.2, 0.25) is 0 Å². The molecule has 3 aromatic carbocycles. The number of aliphatic hydroxyl groups is 1. The minimum absolute atomic E-state index is 0.146. The van der Waals surface area contributed by atoms with Crippen LogP contribution in [0.3, 0.4) is 0 Å². The molecule has 0 aliphatic carbocycles. The van der Waals surface area contributed by atoms with Gasteiger partial charge in [-0.2, -0.15) is 0 Å². The van der Waals surface area contributed by atoms with E-state index >= 15 is 0 Å². The van der Waals surface area contributed by atoms with Gasteiger partial charge in [-0.1, -0.05) is 61.5 Å². The lowest BCUT2D eigenvalue weighted by Gasteiger charge is -2.29. The maximum Gasteiger partial charge on any atom is 0.250 e. The van der Waals surface area contributed by atoms with Crippen molar-refractivity contribution in [2.75, 3.05) is 23.7 Å². The molecule has 230 valence electrons. The SMILES string of the molecule is CCNS(=O)(=O)c1ccccc1-c1ccc(CN2C(=O)[C@H](NC(=O)CC(C)(C)NC[C@@H](C)O)CSc3ccccc32)cc1. The highest BCUT2D eigenvalue weighted by Gasteiger charge is 2.33. The van der Waals surface area contributed by atoms with Gasteiger partial charge in [0.1, 0.15) is 6.04 Å². The molecule has 0 unspecified atom stereocenters. The lowest BCUT2D eigenvalue weighted by molar-refractivity contribution is -0.127. The fourth-order valence-corrected chi connectivity index (χ4v) is 7.27. The van der Waals surface area contributed by atoms with Gasteiger partial charge in [-0.3, -0.25) is 9.59 Å². The van der Waals surface area contributed by atoms with Gasteiger partial charge in [-0.15, -0.1) is 11.8 Å². The molecule has 0 fully saturated rings. The van der Waals surface area contributed by atoms with E-state index in [9.17, 15) is 23.1 Å². The van der Waals surface area contributed by atoms with Gasteiger partial charge in [0.05, 0.1) is 23.2 Å². The molecule has 4 rings (SSSR count). The predicted octanol–water partition coefficient (Wildman–Crippen LogP) is 3.91. The number of fused-ring (bicyclic) bond motifs is 1. The third-order valence-electron chi connectivity index (χ3n) is 7.06. The highest BCUT2D eigenvalue weighted by molar-refractivity contribution is 7.99. The van der Waals surface area contributed by atoms with Crippen LogP contribution < -0.4 is 20.3 Å². The average Bonchev–Trinajstić information content (AvgIpc) is 3.09. The van der Waals surface area contributed by atoms with Gasteiger partial charge in [-0.25, -0.2) is 13.1 Å². The summed E-state index contributed by atoms with van der Waals surface area (Å²) >= 11 is 1.53. The molecule has 4 N–H and O–H groups in total. The molecule has 0 spiro atoms. The van der Waals surface area contributed by atoms with Crippen molar-refractivity contribution < 1.29 is 23.1 Å². The zero-order valence-electron chi connectivity index (χ0n) is 25.0. The lowest BCUT2D eigenvalue weighted by atomic mass is 9.99. The normalized spacial score (nSPS) is 16.3. The number of nitrogens with zero attached hydrogens (tertiary/aromatic N) is 1. The van der Waals surface area contributed by atoms with Crippen molar-refractivity contribution in [3.05, 3.63) is 78.4 Å². The van der Waals surface area contributed by atoms with Gasteiger partial charge >= 0.3 is 0 Å². The first-order valence-corrected chi connectivity index (χ1v) is 16.8. The van der Waals surface area contributed by atoms with E-state index in [2.05, 4.69) is 15.4 Å². The molecular formula is C32H40N4O5S2. The van der Waals surface area contributed by atoms with E-state index in [1.807, 2.05) is 62.4 Å². The number of carbonyl (C=O) groups is 2. The van der Waals surface area contributed by atoms with Crippen LogP contribution in [0.1, 0.15) is 39.7 Å². The van der Waals surface area contributed by atoms with Gasteiger partial charge < -0.3 is 20.6 Å². The maximum absolute atomic E-state index is 13.9. The number of rotatable bonds is 12. The van der Waals surface area contributed by atoms with Crippen LogP contribution in [0.4, 0.5) is 5.69 Å². The van der Waals surface area contributed by atoms with Gasteiger partial charge in [0.15, 0.2) is 0 Å². The molecule has 2 atom stereocenters. The molecule has 0 saturated heterocycles. The second-order valence-electron chi connectivity index (χ2n) is 11.3. The summed E-state index contributed by atoms with van der Waals surface area (Å²) in [5.74, 6) is -0.0505. The van der Waals surface area contributed by atoms with Crippen LogP contribution in [0.5, 0.6) is 0 Å². The fraction of sp³-hybridized carbons (Fsp3) is 0.375. The number of thioether (sulfide) groups is 1. The summed E-state index contributed by atoms with van der Waals surface area (Å²) in [6.07, 6.45) is -0.391. The Bertz CT molecular complexity index is 1540. The molecule has 0 bridgehead atoms. The number of amides is 2. The van der Waals surface area contributed by atoms with Crippen LogP contribution in [-0.2, 0) is 26.2 Å². The number of para-hydroxylation sites is 1. The monoisotopic (exact) mass is 624 g/mol. The molecule has 0 aromatic heterocycles. The van der Waals surface area contributed by atoms with Crippen LogP contribution in [0, 0.1) is 0 Å². The number of aliphatic hydroxyl groups excluding tert-OH is 1. The third-order valence-corrected chi connectivity index (χ3v) is 9.82. The Hall–Kier alpha value is -3.22. The third kappa shape index (κ3) is 8.45. The second-order valence-corrected chi connectivity index (χ2v) is 14.1. The van der Waals surface area contributed by atoms with Crippen molar-refractivity contribution in [3.63, 3.8) is 0 Å². The predicted molar refractivity (Wildman–Crippen MR) is 171 cm³/mol. The van der Waals surface area contributed by atoms with Crippen molar-refractivity contribution in [2.45, 2.75) is 68.1 Å². The highest BCUT2D eigenvalue weighted by Crippen LogP contribution is 2.35. The van der Waals surface area contributed by atoms with Gasteiger partial charge in [0.2, 0.25) is 15.9 Å². The molecule has 11 heteroatoms. The molecule has 1 heterocycles.